The Hall–Kier alpha value is -5.97. The average Bonchev–Trinajstić information content (AvgIpc) is 3.59. The van der Waals surface area contributed by atoms with Crippen molar-refractivity contribution in [1.82, 2.24) is 14.9 Å². The molecule has 244 valence electrons. The molecule has 0 fully saturated rings. The van der Waals surface area contributed by atoms with E-state index in [0.717, 1.165) is 11.1 Å². The predicted octanol–water partition coefficient (Wildman–Crippen LogP) is 6.17. The lowest BCUT2D eigenvalue weighted by molar-refractivity contribution is 0.0649. The number of carbonyl (C=O) groups is 4. The zero-order valence-corrected chi connectivity index (χ0v) is 27.1. The molecule has 11 heteroatoms. The lowest BCUT2D eigenvalue weighted by Crippen LogP contribution is -2.30. The fraction of sp³-hybridized carbons (Fsp3) is 0.216. The van der Waals surface area contributed by atoms with Gasteiger partial charge in [0.15, 0.2) is 0 Å². The van der Waals surface area contributed by atoms with Gasteiger partial charge in [0.2, 0.25) is 0 Å². The molecule has 4 amide bonds. The standard InChI is InChI=1S/C37H35N5O6/c1-22-14-17-30(32(20-22)48-19-8-7-18-42-36(45)25-10-5-6-11-26(25)37(42)46)41(3)35(44)24-15-16-28(31(21-24)47-4)40-34(43)27-12-9-13-29-33(27)39-23(2)38-29/h5-6,9-17,20-21H,7-8,18-19H2,1-4H3,(H,38,39)(H,40,43). The van der Waals surface area contributed by atoms with E-state index in [-0.39, 0.29) is 23.6 Å². The number of amides is 4. The molecule has 0 aliphatic carbocycles. The first kappa shape index (κ1) is 32.0. The fourth-order valence-electron chi connectivity index (χ4n) is 5.77. The molecule has 0 saturated heterocycles. The van der Waals surface area contributed by atoms with E-state index >= 15 is 0 Å². The minimum absolute atomic E-state index is 0.272. The van der Waals surface area contributed by atoms with E-state index < -0.39 is 0 Å². The van der Waals surface area contributed by atoms with Gasteiger partial charge in [-0.3, -0.25) is 24.1 Å². The number of ether oxygens (including phenoxy) is 2. The maximum atomic E-state index is 13.7. The Morgan fingerprint density at radius 3 is 2.38 bits per heavy atom. The number of imide groups is 1. The van der Waals surface area contributed by atoms with Gasteiger partial charge in [0.1, 0.15) is 22.8 Å². The van der Waals surface area contributed by atoms with Gasteiger partial charge in [-0.2, -0.15) is 0 Å². The van der Waals surface area contributed by atoms with Crippen LogP contribution in [0.5, 0.6) is 11.5 Å². The van der Waals surface area contributed by atoms with Gasteiger partial charge in [-0.1, -0.05) is 24.3 Å². The van der Waals surface area contributed by atoms with Gasteiger partial charge in [-0.05, 0) is 86.8 Å². The van der Waals surface area contributed by atoms with Crippen LogP contribution in [0.15, 0.2) is 78.9 Å². The summed E-state index contributed by atoms with van der Waals surface area (Å²) in [5.41, 5.74) is 4.91. The van der Waals surface area contributed by atoms with Crippen molar-refractivity contribution in [2.24, 2.45) is 0 Å². The number of nitrogens with one attached hydrogen (secondary N) is 2. The van der Waals surface area contributed by atoms with Crippen LogP contribution in [0, 0.1) is 13.8 Å². The largest absolute Gasteiger partial charge is 0.495 e. The van der Waals surface area contributed by atoms with E-state index in [2.05, 4.69) is 15.3 Å². The number of fused-ring (bicyclic) bond motifs is 2. The quantitative estimate of drug-likeness (QED) is 0.130. The van der Waals surface area contributed by atoms with E-state index in [1.165, 1.54) is 16.9 Å². The number of carbonyl (C=O) groups excluding carboxylic acids is 4. The maximum absolute atomic E-state index is 13.7. The van der Waals surface area contributed by atoms with Crippen LogP contribution in [0.25, 0.3) is 11.0 Å². The Kier molecular flexibility index (Phi) is 8.93. The van der Waals surface area contributed by atoms with Gasteiger partial charge in [-0.15, -0.1) is 0 Å². The average molecular weight is 646 g/mol. The molecule has 1 aliphatic heterocycles. The van der Waals surface area contributed by atoms with Gasteiger partial charge in [0.25, 0.3) is 23.6 Å². The number of hydrogen-bond acceptors (Lipinski definition) is 7. The Morgan fingerprint density at radius 1 is 0.896 bits per heavy atom. The van der Waals surface area contributed by atoms with Crippen LogP contribution in [0.3, 0.4) is 0 Å². The Labute approximate surface area is 277 Å². The van der Waals surface area contributed by atoms with Crippen molar-refractivity contribution < 1.29 is 28.7 Å². The monoisotopic (exact) mass is 645 g/mol. The topological polar surface area (TPSA) is 134 Å². The molecule has 0 saturated carbocycles. The van der Waals surface area contributed by atoms with Gasteiger partial charge in [0, 0.05) is 19.2 Å². The highest BCUT2D eigenvalue weighted by atomic mass is 16.5. The molecular formula is C37H35N5O6. The van der Waals surface area contributed by atoms with Crippen molar-refractivity contribution in [2.45, 2.75) is 26.7 Å². The molecule has 1 aromatic heterocycles. The van der Waals surface area contributed by atoms with Crippen LogP contribution in [0.1, 0.15) is 65.7 Å². The Bertz CT molecular complexity index is 2030. The molecule has 11 nitrogen and oxygen atoms in total. The first-order valence-corrected chi connectivity index (χ1v) is 15.6. The molecule has 2 heterocycles. The summed E-state index contributed by atoms with van der Waals surface area (Å²) in [7, 11) is 3.14. The first-order chi connectivity index (χ1) is 23.2. The highest BCUT2D eigenvalue weighted by Gasteiger charge is 2.34. The van der Waals surface area contributed by atoms with E-state index in [4.69, 9.17) is 9.47 Å². The van der Waals surface area contributed by atoms with E-state index in [0.29, 0.717) is 82.5 Å². The summed E-state index contributed by atoms with van der Waals surface area (Å²) >= 11 is 0. The summed E-state index contributed by atoms with van der Waals surface area (Å²) < 4.78 is 11.7. The number of aromatic amines is 1. The molecule has 6 rings (SSSR count). The molecule has 0 spiro atoms. The third-order valence-electron chi connectivity index (χ3n) is 8.27. The molecule has 5 aromatic rings. The van der Waals surface area contributed by atoms with Crippen LogP contribution in [-0.2, 0) is 0 Å². The van der Waals surface area contributed by atoms with Gasteiger partial charge >= 0.3 is 0 Å². The van der Waals surface area contributed by atoms with Crippen molar-refractivity contribution in [3.05, 3.63) is 113 Å². The van der Waals surface area contributed by atoms with Gasteiger partial charge < -0.3 is 24.7 Å². The van der Waals surface area contributed by atoms with Gasteiger partial charge in [0.05, 0.1) is 47.3 Å². The van der Waals surface area contributed by atoms with Crippen LogP contribution < -0.4 is 19.7 Å². The molecule has 0 atom stereocenters. The Balaban J connectivity index is 1.10. The second kappa shape index (κ2) is 13.4. The number of aryl methyl sites for hydroxylation is 2. The van der Waals surface area contributed by atoms with Gasteiger partial charge in [-0.25, -0.2) is 4.98 Å². The number of rotatable bonds is 11. The lowest BCUT2D eigenvalue weighted by atomic mass is 10.1. The highest BCUT2D eigenvalue weighted by molar-refractivity contribution is 6.21. The van der Waals surface area contributed by atoms with Crippen molar-refractivity contribution >= 4 is 46.0 Å². The van der Waals surface area contributed by atoms with Crippen LogP contribution in [0.2, 0.25) is 0 Å². The summed E-state index contributed by atoms with van der Waals surface area (Å²) in [6.45, 7) is 4.39. The number of aromatic nitrogens is 2. The number of anilines is 2. The molecule has 48 heavy (non-hydrogen) atoms. The number of imidazole rings is 1. The zero-order chi connectivity index (χ0) is 33.9. The molecule has 2 N–H and O–H groups in total. The summed E-state index contributed by atoms with van der Waals surface area (Å²) in [5.74, 6) is 0.361. The predicted molar refractivity (Wildman–Crippen MR) is 182 cm³/mol. The summed E-state index contributed by atoms with van der Waals surface area (Å²) in [5, 5.41) is 2.88. The minimum Gasteiger partial charge on any atom is -0.495 e. The van der Waals surface area contributed by atoms with Crippen LogP contribution in [-0.4, -0.2) is 65.8 Å². The summed E-state index contributed by atoms with van der Waals surface area (Å²) in [4.78, 5) is 62.5. The maximum Gasteiger partial charge on any atom is 0.261 e. The summed E-state index contributed by atoms with van der Waals surface area (Å²) in [6.07, 6.45) is 1.16. The second-order valence-electron chi connectivity index (χ2n) is 11.6. The number of methoxy groups -OCH3 is 1. The van der Waals surface area contributed by atoms with E-state index in [1.807, 2.05) is 38.1 Å². The third-order valence-corrected chi connectivity index (χ3v) is 8.27. The molecule has 1 aliphatic rings. The molecule has 0 radical (unpaired) electrons. The van der Waals surface area contributed by atoms with Crippen LogP contribution >= 0.6 is 0 Å². The van der Waals surface area contributed by atoms with Crippen molar-refractivity contribution in [3.63, 3.8) is 0 Å². The Morgan fingerprint density at radius 2 is 1.65 bits per heavy atom. The molecule has 0 unspecified atom stereocenters. The van der Waals surface area contributed by atoms with Crippen molar-refractivity contribution in [3.8, 4) is 11.5 Å². The lowest BCUT2D eigenvalue weighted by Gasteiger charge is -2.22. The minimum atomic E-state index is -0.355. The first-order valence-electron chi connectivity index (χ1n) is 15.6. The smallest absolute Gasteiger partial charge is 0.261 e. The second-order valence-corrected chi connectivity index (χ2v) is 11.6. The number of hydrogen-bond donors (Lipinski definition) is 2. The van der Waals surface area contributed by atoms with E-state index in [9.17, 15) is 19.2 Å². The number of para-hydroxylation sites is 1. The SMILES string of the molecule is COc1cc(C(=O)N(C)c2ccc(C)cc2OCCCCN2C(=O)c3ccccc3C2=O)ccc1NC(=O)c1cccc2[nH]c(C)nc12. The summed E-state index contributed by atoms with van der Waals surface area (Å²) in [6, 6.07) is 22.6. The molecule has 0 bridgehead atoms. The number of H-pyrrole nitrogens is 1. The third kappa shape index (κ3) is 6.22. The fourth-order valence-corrected chi connectivity index (χ4v) is 5.77. The zero-order valence-electron chi connectivity index (χ0n) is 27.1. The van der Waals surface area contributed by atoms with E-state index in [1.54, 1.807) is 61.6 Å². The highest BCUT2D eigenvalue weighted by Crippen LogP contribution is 2.32. The van der Waals surface area contributed by atoms with Crippen molar-refractivity contribution in [2.75, 3.05) is 37.5 Å². The van der Waals surface area contributed by atoms with Crippen molar-refractivity contribution in [1.29, 1.82) is 0 Å². The number of unbranched alkanes of at least 4 members (excludes halogenated alkanes) is 1. The number of benzene rings is 4. The van der Waals surface area contributed by atoms with Crippen LogP contribution in [0.4, 0.5) is 11.4 Å². The number of nitrogens with zero attached hydrogens (tertiary/aromatic N) is 3. The molecular weight excluding hydrogens is 610 g/mol. The molecule has 4 aromatic carbocycles. The normalized spacial score (nSPS) is 12.3.